The van der Waals surface area contributed by atoms with Crippen molar-refractivity contribution in [3.05, 3.63) is 24.0 Å². The van der Waals surface area contributed by atoms with Crippen molar-refractivity contribution in [3.8, 4) is 0 Å². The first-order valence-corrected chi connectivity index (χ1v) is 3.59. The van der Waals surface area contributed by atoms with Crippen LogP contribution < -0.4 is 0 Å². The Morgan fingerprint density at radius 2 is 2.00 bits per heavy atom. The van der Waals surface area contributed by atoms with E-state index in [1.54, 1.807) is 7.11 Å². The van der Waals surface area contributed by atoms with Gasteiger partial charge in [0.25, 0.3) is 0 Å². The van der Waals surface area contributed by atoms with Crippen molar-refractivity contribution in [2.75, 3.05) is 7.11 Å². The van der Waals surface area contributed by atoms with Gasteiger partial charge in [-0.1, -0.05) is 26.0 Å². The molecular formula is C9H16O. The molecule has 0 aliphatic heterocycles. The average molecular weight is 140 g/mol. The zero-order chi connectivity index (χ0) is 7.98. The Morgan fingerprint density at radius 1 is 1.40 bits per heavy atom. The summed E-state index contributed by atoms with van der Waals surface area (Å²) in [7, 11) is 1.70. The Labute approximate surface area is 63.4 Å². The zero-order valence-corrected chi connectivity index (χ0v) is 7.22. The van der Waals surface area contributed by atoms with E-state index in [1.165, 1.54) is 0 Å². The van der Waals surface area contributed by atoms with E-state index in [9.17, 15) is 0 Å². The fraction of sp³-hybridized carbons (Fsp3) is 0.556. The van der Waals surface area contributed by atoms with E-state index in [0.717, 1.165) is 5.76 Å². The van der Waals surface area contributed by atoms with Crippen LogP contribution in [0, 0.1) is 5.92 Å². The molecule has 0 N–H and O–H groups in total. The van der Waals surface area contributed by atoms with Crippen molar-refractivity contribution >= 4 is 0 Å². The Bertz CT molecular complexity index is 132. The van der Waals surface area contributed by atoms with E-state index in [0.29, 0.717) is 5.92 Å². The summed E-state index contributed by atoms with van der Waals surface area (Å²) in [5.41, 5.74) is 0. The molecule has 0 bridgehead atoms. The topological polar surface area (TPSA) is 9.23 Å². The zero-order valence-electron chi connectivity index (χ0n) is 7.22. The number of allylic oxidation sites excluding steroid dienone is 4. The van der Waals surface area contributed by atoms with E-state index < -0.39 is 0 Å². The molecule has 0 rings (SSSR count). The molecule has 0 aliphatic rings. The van der Waals surface area contributed by atoms with Gasteiger partial charge in [-0.3, -0.25) is 0 Å². The molecule has 0 atom stereocenters. The summed E-state index contributed by atoms with van der Waals surface area (Å²) in [5, 5.41) is 0. The van der Waals surface area contributed by atoms with Crippen LogP contribution in [0.2, 0.25) is 0 Å². The van der Waals surface area contributed by atoms with Gasteiger partial charge in [-0.15, -0.1) is 0 Å². The number of hydrogen-bond acceptors (Lipinski definition) is 1. The molecular weight excluding hydrogens is 124 g/mol. The van der Waals surface area contributed by atoms with Gasteiger partial charge >= 0.3 is 0 Å². The molecule has 58 valence electrons. The first-order chi connectivity index (χ1) is 4.72. The van der Waals surface area contributed by atoms with Gasteiger partial charge in [-0.25, -0.2) is 0 Å². The Morgan fingerprint density at radius 3 is 2.30 bits per heavy atom. The summed E-state index contributed by atoms with van der Waals surface area (Å²) < 4.78 is 5.12. The van der Waals surface area contributed by atoms with Crippen molar-refractivity contribution in [1.82, 2.24) is 0 Å². The third-order valence-corrected chi connectivity index (χ3v) is 1.26. The van der Waals surface area contributed by atoms with Crippen molar-refractivity contribution in [1.29, 1.82) is 0 Å². The van der Waals surface area contributed by atoms with Gasteiger partial charge in [0, 0.05) is 5.92 Å². The first-order valence-electron chi connectivity index (χ1n) is 3.59. The monoisotopic (exact) mass is 140 g/mol. The number of hydrogen-bond donors (Lipinski definition) is 0. The molecule has 0 unspecified atom stereocenters. The van der Waals surface area contributed by atoms with Crippen LogP contribution in [0.15, 0.2) is 24.0 Å². The van der Waals surface area contributed by atoms with Crippen LogP contribution in [0.25, 0.3) is 0 Å². The summed E-state index contributed by atoms with van der Waals surface area (Å²) in [6, 6.07) is 0. The largest absolute Gasteiger partial charge is 0.501 e. The smallest absolute Gasteiger partial charge is 0.0980 e. The Hall–Kier alpha value is -0.720. The predicted octanol–water partition coefficient (Wildman–Crippen LogP) is 2.75. The highest BCUT2D eigenvalue weighted by molar-refractivity contribution is 5.08. The maximum absolute atomic E-state index is 5.12. The molecule has 0 spiro atoms. The highest BCUT2D eigenvalue weighted by Crippen LogP contribution is 2.09. The van der Waals surface area contributed by atoms with E-state index in [-0.39, 0.29) is 0 Å². The van der Waals surface area contributed by atoms with Crippen molar-refractivity contribution < 1.29 is 4.74 Å². The maximum Gasteiger partial charge on any atom is 0.0980 e. The maximum atomic E-state index is 5.12. The highest BCUT2D eigenvalue weighted by Gasteiger charge is 1.98. The van der Waals surface area contributed by atoms with Gasteiger partial charge in [0.15, 0.2) is 0 Å². The second kappa shape index (κ2) is 5.10. The van der Waals surface area contributed by atoms with Crippen LogP contribution in [0.3, 0.4) is 0 Å². The lowest BCUT2D eigenvalue weighted by molar-refractivity contribution is 0.254. The normalized spacial score (nSPS) is 13.1. The molecule has 1 heteroatoms. The third-order valence-electron chi connectivity index (χ3n) is 1.26. The van der Waals surface area contributed by atoms with Crippen molar-refractivity contribution in [2.24, 2.45) is 5.92 Å². The fourth-order valence-corrected chi connectivity index (χ4v) is 0.687. The second-order valence-corrected chi connectivity index (χ2v) is 2.45. The van der Waals surface area contributed by atoms with E-state index in [2.05, 4.69) is 13.8 Å². The van der Waals surface area contributed by atoms with Crippen LogP contribution in [-0.4, -0.2) is 7.11 Å². The summed E-state index contributed by atoms with van der Waals surface area (Å²) in [4.78, 5) is 0. The quantitative estimate of drug-likeness (QED) is 0.432. The summed E-state index contributed by atoms with van der Waals surface area (Å²) in [6.45, 7) is 6.21. The Balaban J connectivity index is 4.04. The van der Waals surface area contributed by atoms with Gasteiger partial charge in [-0.2, -0.15) is 0 Å². The minimum Gasteiger partial charge on any atom is -0.501 e. The van der Waals surface area contributed by atoms with Crippen LogP contribution in [0.1, 0.15) is 20.8 Å². The molecule has 0 amide bonds. The molecule has 0 aromatic rings. The third kappa shape index (κ3) is 3.33. The molecule has 0 heterocycles. The summed E-state index contributed by atoms with van der Waals surface area (Å²) >= 11 is 0. The van der Waals surface area contributed by atoms with Crippen LogP contribution in [0.5, 0.6) is 0 Å². The minimum absolute atomic E-state index is 0.473. The number of methoxy groups -OCH3 is 1. The van der Waals surface area contributed by atoms with Gasteiger partial charge in [0.1, 0.15) is 0 Å². The van der Waals surface area contributed by atoms with Gasteiger partial charge < -0.3 is 4.74 Å². The van der Waals surface area contributed by atoms with Gasteiger partial charge in [0.2, 0.25) is 0 Å². The molecule has 0 saturated carbocycles. The lowest BCUT2D eigenvalue weighted by Crippen LogP contribution is -1.95. The summed E-state index contributed by atoms with van der Waals surface area (Å²) in [6.07, 6.45) is 5.96. The van der Waals surface area contributed by atoms with Crippen LogP contribution in [-0.2, 0) is 4.74 Å². The lowest BCUT2D eigenvalue weighted by Gasteiger charge is -2.07. The SMILES string of the molecule is C/C=C\C=C(\OC)C(C)C. The molecule has 0 aliphatic carbocycles. The molecule has 0 fully saturated rings. The first kappa shape index (κ1) is 9.28. The van der Waals surface area contributed by atoms with Crippen LogP contribution >= 0.6 is 0 Å². The molecule has 0 saturated heterocycles. The standard InChI is InChI=1S/C9H16O/c1-5-6-7-9(10-4)8(2)3/h5-8H,1-4H3/b6-5-,9-7+. The highest BCUT2D eigenvalue weighted by atomic mass is 16.5. The van der Waals surface area contributed by atoms with E-state index >= 15 is 0 Å². The predicted molar refractivity (Wildman–Crippen MR) is 44.7 cm³/mol. The molecule has 1 nitrogen and oxygen atoms in total. The lowest BCUT2D eigenvalue weighted by atomic mass is 10.1. The molecule has 0 aromatic carbocycles. The van der Waals surface area contributed by atoms with Gasteiger partial charge in [-0.05, 0) is 13.0 Å². The van der Waals surface area contributed by atoms with E-state index in [4.69, 9.17) is 4.74 Å². The fourth-order valence-electron chi connectivity index (χ4n) is 0.687. The molecule has 0 aromatic heterocycles. The van der Waals surface area contributed by atoms with Crippen molar-refractivity contribution in [3.63, 3.8) is 0 Å². The molecule has 10 heavy (non-hydrogen) atoms. The molecule has 0 radical (unpaired) electrons. The minimum atomic E-state index is 0.473. The van der Waals surface area contributed by atoms with Crippen LogP contribution in [0.4, 0.5) is 0 Å². The van der Waals surface area contributed by atoms with Crippen molar-refractivity contribution in [2.45, 2.75) is 20.8 Å². The summed E-state index contributed by atoms with van der Waals surface area (Å²) in [5.74, 6) is 1.50. The second-order valence-electron chi connectivity index (χ2n) is 2.45. The van der Waals surface area contributed by atoms with E-state index in [1.807, 2.05) is 25.2 Å². The Kier molecular flexibility index (Phi) is 4.73. The average Bonchev–Trinajstić information content (AvgIpc) is 1.89. The number of rotatable bonds is 3. The van der Waals surface area contributed by atoms with Gasteiger partial charge in [0.05, 0.1) is 12.9 Å². The number of ether oxygens (including phenoxy) is 1.